The summed E-state index contributed by atoms with van der Waals surface area (Å²) in [5.41, 5.74) is 6.64. The van der Waals surface area contributed by atoms with Crippen LogP contribution in [0.15, 0.2) is 41.7 Å². The molecule has 6 heteroatoms. The second-order valence-corrected chi connectivity index (χ2v) is 8.88. The second-order valence-electron chi connectivity index (χ2n) is 8.47. The maximum absolute atomic E-state index is 14.5. The zero-order valence-electron chi connectivity index (χ0n) is 18.2. The van der Waals surface area contributed by atoms with Crippen molar-refractivity contribution in [1.29, 1.82) is 0 Å². The average molecular weight is 425 g/mol. The van der Waals surface area contributed by atoms with Crippen LogP contribution in [-0.4, -0.2) is 23.4 Å². The van der Waals surface area contributed by atoms with Crippen molar-refractivity contribution >= 4 is 39.7 Å². The molecule has 1 aliphatic heterocycles. The van der Waals surface area contributed by atoms with Crippen LogP contribution in [0, 0.1) is 19.7 Å². The molecule has 1 aromatic heterocycles. The maximum Gasteiger partial charge on any atom is 0.133 e. The Labute approximate surface area is 181 Å². The molecule has 4 nitrogen and oxygen atoms in total. The number of aliphatic imine (C=N–C) groups is 1. The number of H-pyrrole nitrogens is 1. The lowest BCUT2D eigenvalue weighted by atomic mass is 9.90. The summed E-state index contributed by atoms with van der Waals surface area (Å²) in [5.74, 6) is 0.569. The van der Waals surface area contributed by atoms with Crippen molar-refractivity contribution in [1.82, 2.24) is 4.98 Å². The van der Waals surface area contributed by atoms with E-state index < -0.39 is 5.54 Å². The number of nitrogens with one attached hydrogen (secondary N) is 2. The van der Waals surface area contributed by atoms with E-state index in [1.807, 2.05) is 37.9 Å². The Hall–Kier alpha value is -2.79. The number of nitrogens with zero attached hydrogens (tertiary/aromatic N) is 2. The lowest BCUT2D eigenvalue weighted by Crippen LogP contribution is -2.53. The smallest absolute Gasteiger partial charge is 0.133 e. The van der Waals surface area contributed by atoms with Crippen LogP contribution in [0.2, 0.25) is 5.02 Å². The van der Waals surface area contributed by atoms with Crippen LogP contribution in [0.1, 0.15) is 31.9 Å². The summed E-state index contributed by atoms with van der Waals surface area (Å²) in [4.78, 5) is 9.90. The fraction of sp³-hybridized carbons (Fsp3) is 0.292. The van der Waals surface area contributed by atoms with E-state index in [1.165, 1.54) is 0 Å². The molecule has 2 heterocycles. The molecule has 156 valence electrons. The number of rotatable bonds is 2. The van der Waals surface area contributed by atoms with Gasteiger partial charge in [0.2, 0.25) is 0 Å². The predicted octanol–water partition coefficient (Wildman–Crippen LogP) is 6.82. The number of aryl methyl sites for hydroxylation is 1. The number of benzene rings is 2. The van der Waals surface area contributed by atoms with Crippen molar-refractivity contribution in [2.75, 3.05) is 17.3 Å². The standard InChI is InChI=1S/C24H26ClFN4/c1-12(2)30-22-14(4)17(10-19(25)21(22)29-24(5,6)23(30)27-7)18-9-15(26)8-16-13(3)11-28-20(16)18/h8-11,28-29H,1H2,2-7H3. The average Bonchev–Trinajstić information content (AvgIpc) is 3.03. The molecular formula is C24H26ClFN4. The third kappa shape index (κ3) is 2.91. The molecule has 0 amide bonds. The molecule has 30 heavy (non-hydrogen) atoms. The fourth-order valence-corrected chi connectivity index (χ4v) is 4.71. The van der Waals surface area contributed by atoms with Gasteiger partial charge in [-0.3, -0.25) is 9.89 Å². The van der Waals surface area contributed by atoms with E-state index in [4.69, 9.17) is 11.6 Å². The second kappa shape index (κ2) is 6.88. The molecule has 0 fully saturated rings. The summed E-state index contributed by atoms with van der Waals surface area (Å²) < 4.78 is 14.5. The molecule has 0 unspecified atom stereocenters. The van der Waals surface area contributed by atoms with Crippen molar-refractivity contribution < 1.29 is 4.39 Å². The molecule has 4 rings (SSSR count). The van der Waals surface area contributed by atoms with E-state index in [0.717, 1.165) is 56.1 Å². The molecule has 0 saturated carbocycles. The van der Waals surface area contributed by atoms with Crippen LogP contribution in [0.25, 0.3) is 22.0 Å². The van der Waals surface area contributed by atoms with E-state index in [-0.39, 0.29) is 5.82 Å². The normalized spacial score (nSPS) is 16.7. The molecule has 0 atom stereocenters. The molecule has 3 aromatic rings. The number of fused-ring (bicyclic) bond motifs is 2. The zero-order chi connectivity index (χ0) is 22.0. The van der Waals surface area contributed by atoms with Gasteiger partial charge in [-0.25, -0.2) is 4.39 Å². The van der Waals surface area contributed by atoms with Gasteiger partial charge in [-0.2, -0.15) is 0 Å². The van der Waals surface area contributed by atoms with Crippen molar-refractivity contribution in [2.45, 2.75) is 40.2 Å². The molecule has 2 aromatic carbocycles. The lowest BCUT2D eigenvalue weighted by molar-refractivity contribution is 0.630. The van der Waals surface area contributed by atoms with E-state index >= 15 is 0 Å². The van der Waals surface area contributed by atoms with Crippen LogP contribution < -0.4 is 10.2 Å². The van der Waals surface area contributed by atoms with Gasteiger partial charge in [0.25, 0.3) is 0 Å². The largest absolute Gasteiger partial charge is 0.370 e. The molecule has 2 N–H and O–H groups in total. The maximum atomic E-state index is 14.5. The molecule has 0 radical (unpaired) electrons. The monoisotopic (exact) mass is 424 g/mol. The first kappa shape index (κ1) is 20.5. The number of halogens is 2. The van der Waals surface area contributed by atoms with Crippen molar-refractivity contribution in [3.05, 3.63) is 58.6 Å². The first-order valence-electron chi connectivity index (χ1n) is 9.88. The Bertz CT molecular complexity index is 1240. The van der Waals surface area contributed by atoms with Gasteiger partial charge >= 0.3 is 0 Å². The molecular weight excluding hydrogens is 399 g/mol. The Morgan fingerprint density at radius 1 is 1.20 bits per heavy atom. The van der Waals surface area contributed by atoms with Gasteiger partial charge in [0.05, 0.1) is 27.5 Å². The van der Waals surface area contributed by atoms with Crippen molar-refractivity contribution in [3.63, 3.8) is 0 Å². The molecule has 0 aliphatic carbocycles. The first-order valence-corrected chi connectivity index (χ1v) is 10.3. The molecule has 1 aliphatic rings. The number of hydrogen-bond acceptors (Lipinski definition) is 2. The van der Waals surface area contributed by atoms with Gasteiger partial charge in [0, 0.05) is 29.9 Å². The van der Waals surface area contributed by atoms with Crippen LogP contribution >= 0.6 is 11.6 Å². The number of hydrogen-bond donors (Lipinski definition) is 2. The van der Waals surface area contributed by atoms with E-state index in [0.29, 0.717) is 5.02 Å². The summed E-state index contributed by atoms with van der Waals surface area (Å²) in [6.07, 6.45) is 1.90. The quantitative estimate of drug-likeness (QED) is 0.474. The fourth-order valence-electron chi connectivity index (χ4n) is 4.46. The Morgan fingerprint density at radius 3 is 2.53 bits per heavy atom. The molecule has 0 bridgehead atoms. The Balaban J connectivity index is 2.08. The third-order valence-corrected chi connectivity index (χ3v) is 6.08. The van der Waals surface area contributed by atoms with E-state index in [9.17, 15) is 4.39 Å². The summed E-state index contributed by atoms with van der Waals surface area (Å²) in [7, 11) is 1.78. The Morgan fingerprint density at radius 2 is 1.90 bits per heavy atom. The number of anilines is 2. The van der Waals surface area contributed by atoms with Gasteiger partial charge in [-0.15, -0.1) is 0 Å². The van der Waals surface area contributed by atoms with Gasteiger partial charge < -0.3 is 10.3 Å². The number of allylic oxidation sites excluding steroid dienone is 1. The minimum atomic E-state index is -0.430. The van der Waals surface area contributed by atoms with Gasteiger partial charge in [-0.1, -0.05) is 18.2 Å². The van der Waals surface area contributed by atoms with E-state index in [1.54, 1.807) is 19.2 Å². The van der Waals surface area contributed by atoms with Crippen LogP contribution in [0.3, 0.4) is 0 Å². The zero-order valence-corrected chi connectivity index (χ0v) is 18.9. The predicted molar refractivity (Wildman–Crippen MR) is 127 cm³/mol. The number of aromatic nitrogens is 1. The molecule has 0 spiro atoms. The van der Waals surface area contributed by atoms with Gasteiger partial charge in [-0.05, 0) is 69.5 Å². The minimum absolute atomic E-state index is 0.278. The van der Waals surface area contributed by atoms with E-state index in [2.05, 4.69) is 35.7 Å². The van der Waals surface area contributed by atoms with Crippen LogP contribution in [0.5, 0.6) is 0 Å². The highest BCUT2D eigenvalue weighted by atomic mass is 35.5. The van der Waals surface area contributed by atoms with Crippen LogP contribution in [0.4, 0.5) is 15.8 Å². The highest BCUT2D eigenvalue weighted by Gasteiger charge is 2.39. The third-order valence-electron chi connectivity index (χ3n) is 5.78. The summed E-state index contributed by atoms with van der Waals surface area (Å²) in [6.45, 7) is 14.3. The van der Waals surface area contributed by atoms with Crippen molar-refractivity contribution in [2.24, 2.45) is 4.99 Å². The highest BCUT2D eigenvalue weighted by Crippen LogP contribution is 2.48. The van der Waals surface area contributed by atoms with Gasteiger partial charge in [0.15, 0.2) is 0 Å². The lowest BCUT2D eigenvalue weighted by Gasteiger charge is -2.44. The number of aromatic amines is 1. The molecule has 0 saturated heterocycles. The summed E-state index contributed by atoms with van der Waals surface area (Å²) in [6, 6.07) is 5.03. The topological polar surface area (TPSA) is 43.4 Å². The minimum Gasteiger partial charge on any atom is -0.370 e. The van der Waals surface area contributed by atoms with Crippen LogP contribution in [-0.2, 0) is 0 Å². The van der Waals surface area contributed by atoms with Crippen molar-refractivity contribution in [3.8, 4) is 11.1 Å². The Kier molecular flexibility index (Phi) is 4.70. The summed E-state index contributed by atoms with van der Waals surface area (Å²) in [5, 5.41) is 4.97. The SMILES string of the molecule is C=C(C)N1C(=NC)C(C)(C)Nc2c(Cl)cc(-c3cc(F)cc4c(C)c[nH]c34)c(C)c21. The van der Waals surface area contributed by atoms with Gasteiger partial charge in [0.1, 0.15) is 11.7 Å². The number of amidine groups is 1. The first-order chi connectivity index (χ1) is 14.1. The summed E-state index contributed by atoms with van der Waals surface area (Å²) >= 11 is 6.79. The highest BCUT2D eigenvalue weighted by molar-refractivity contribution is 6.35.